The number of benzene rings is 1. The molecule has 0 aliphatic carbocycles. The summed E-state index contributed by atoms with van der Waals surface area (Å²) in [6, 6.07) is 7.91. The summed E-state index contributed by atoms with van der Waals surface area (Å²) in [5, 5.41) is 2.68. The number of rotatable bonds is 4. The van der Waals surface area contributed by atoms with Crippen molar-refractivity contribution in [2.24, 2.45) is 0 Å². The van der Waals surface area contributed by atoms with E-state index < -0.39 is 0 Å². The Labute approximate surface area is 165 Å². The highest BCUT2D eigenvalue weighted by molar-refractivity contribution is 9.10. The van der Waals surface area contributed by atoms with Crippen LogP contribution < -0.4 is 10.2 Å². The summed E-state index contributed by atoms with van der Waals surface area (Å²) in [5.74, 6) is -0.136. The monoisotopic (exact) mass is 430 g/mol. The fourth-order valence-corrected chi connectivity index (χ4v) is 3.78. The maximum Gasteiger partial charge on any atom is 0.414 e. The Hall–Kier alpha value is -2.61. The highest BCUT2D eigenvalue weighted by Crippen LogP contribution is 2.31. The Morgan fingerprint density at radius 3 is 2.89 bits per heavy atom. The van der Waals surface area contributed by atoms with Crippen LogP contribution in [0.3, 0.4) is 0 Å². The topological polar surface area (TPSA) is 76.5 Å². The quantitative estimate of drug-likeness (QED) is 0.808. The summed E-state index contributed by atoms with van der Waals surface area (Å²) >= 11 is 3.48. The van der Waals surface area contributed by atoms with E-state index in [2.05, 4.69) is 36.9 Å². The number of nitrogens with zero attached hydrogens (tertiary/aromatic N) is 3. The lowest BCUT2D eigenvalue weighted by molar-refractivity contribution is -0.119. The summed E-state index contributed by atoms with van der Waals surface area (Å²) in [7, 11) is 0. The minimum atomic E-state index is -0.386. The van der Waals surface area contributed by atoms with Crippen molar-refractivity contribution < 1.29 is 14.3 Å². The number of nitrogens with one attached hydrogen (secondary N) is 1. The number of imidazole rings is 1. The Balaban J connectivity index is 1.48. The Morgan fingerprint density at radius 2 is 2.15 bits per heavy atom. The third-order valence-electron chi connectivity index (χ3n) is 4.77. The lowest BCUT2D eigenvalue weighted by Gasteiger charge is -2.18. The SMILES string of the molecule is CC(=O)NC[C@H]1CN(c2ccc(C3=Cc4c(Br)ncn4CC3)cc2)C(=O)O1. The second-order valence-corrected chi connectivity index (χ2v) is 7.39. The second kappa shape index (κ2) is 7.19. The molecule has 1 aromatic carbocycles. The zero-order chi connectivity index (χ0) is 19.0. The maximum absolute atomic E-state index is 12.1. The van der Waals surface area contributed by atoms with Crippen LogP contribution in [0.25, 0.3) is 11.6 Å². The maximum atomic E-state index is 12.1. The molecule has 2 aliphatic heterocycles. The fraction of sp³-hybridized carbons (Fsp3) is 0.316. The number of anilines is 1. The van der Waals surface area contributed by atoms with Gasteiger partial charge in [0.15, 0.2) is 0 Å². The van der Waals surface area contributed by atoms with Crippen molar-refractivity contribution >= 4 is 45.3 Å². The van der Waals surface area contributed by atoms with Crippen LogP contribution in [0.4, 0.5) is 10.5 Å². The van der Waals surface area contributed by atoms with Crippen LogP contribution in [0.5, 0.6) is 0 Å². The molecule has 1 N–H and O–H groups in total. The van der Waals surface area contributed by atoms with Gasteiger partial charge in [-0.3, -0.25) is 9.69 Å². The van der Waals surface area contributed by atoms with Crippen molar-refractivity contribution in [1.82, 2.24) is 14.9 Å². The minimum absolute atomic E-state index is 0.136. The number of aromatic nitrogens is 2. The van der Waals surface area contributed by atoms with Gasteiger partial charge in [-0.2, -0.15) is 0 Å². The molecular weight excluding hydrogens is 412 g/mol. The predicted molar refractivity (Wildman–Crippen MR) is 105 cm³/mol. The molecule has 4 rings (SSSR count). The van der Waals surface area contributed by atoms with E-state index in [1.165, 1.54) is 12.5 Å². The lowest BCUT2D eigenvalue weighted by atomic mass is 9.99. The Morgan fingerprint density at radius 1 is 1.37 bits per heavy atom. The molecule has 140 valence electrons. The van der Waals surface area contributed by atoms with Crippen molar-refractivity contribution in [3.63, 3.8) is 0 Å². The number of amides is 2. The molecule has 8 heteroatoms. The molecular formula is C19H19BrN4O3. The highest BCUT2D eigenvalue weighted by Gasteiger charge is 2.32. The standard InChI is InChI=1S/C19H19BrN4O3/c1-12(25)21-9-16-10-24(19(26)27-16)15-4-2-13(3-5-15)14-6-7-23-11-22-18(20)17(23)8-14/h2-5,8,11,16H,6-7,9-10H2,1H3,(H,21,25)/t16-/m0/s1. The average molecular weight is 431 g/mol. The third-order valence-corrected chi connectivity index (χ3v) is 5.38. The lowest BCUT2D eigenvalue weighted by Crippen LogP contribution is -2.33. The first-order chi connectivity index (χ1) is 13.0. The van der Waals surface area contributed by atoms with E-state index in [1.807, 2.05) is 30.6 Å². The van der Waals surface area contributed by atoms with Crippen molar-refractivity contribution in [1.29, 1.82) is 0 Å². The molecule has 1 fully saturated rings. The summed E-state index contributed by atoms with van der Waals surface area (Å²) in [6.45, 7) is 3.09. The largest absolute Gasteiger partial charge is 0.442 e. The van der Waals surface area contributed by atoms with Crippen LogP contribution in [0, 0.1) is 0 Å². The first kappa shape index (κ1) is 17.8. The number of ether oxygens (including phenoxy) is 1. The molecule has 0 radical (unpaired) electrons. The van der Waals surface area contributed by atoms with Gasteiger partial charge in [0.2, 0.25) is 5.91 Å². The average Bonchev–Trinajstić information content (AvgIpc) is 3.23. The van der Waals surface area contributed by atoms with Gasteiger partial charge >= 0.3 is 6.09 Å². The number of hydrogen-bond acceptors (Lipinski definition) is 4. The van der Waals surface area contributed by atoms with Crippen molar-refractivity contribution in [2.45, 2.75) is 26.0 Å². The normalized spacial score (nSPS) is 18.7. The van der Waals surface area contributed by atoms with Gasteiger partial charge in [-0.05, 0) is 51.7 Å². The van der Waals surface area contributed by atoms with E-state index in [1.54, 1.807) is 4.90 Å². The minimum Gasteiger partial charge on any atom is -0.442 e. The predicted octanol–water partition coefficient (Wildman–Crippen LogP) is 3.05. The van der Waals surface area contributed by atoms with Crippen LogP contribution in [-0.2, 0) is 16.1 Å². The Bertz CT molecular complexity index is 920. The van der Waals surface area contributed by atoms with E-state index in [0.29, 0.717) is 13.1 Å². The second-order valence-electron chi connectivity index (χ2n) is 6.63. The molecule has 0 saturated carbocycles. The Kier molecular flexibility index (Phi) is 4.73. The summed E-state index contributed by atoms with van der Waals surface area (Å²) in [5.41, 5.74) is 4.23. The number of allylic oxidation sites excluding steroid dienone is 1. The molecule has 0 spiro atoms. The molecule has 0 unspecified atom stereocenters. The van der Waals surface area contributed by atoms with Crippen LogP contribution in [-0.4, -0.2) is 40.7 Å². The van der Waals surface area contributed by atoms with E-state index in [0.717, 1.165) is 34.5 Å². The molecule has 2 aromatic rings. The summed E-state index contributed by atoms with van der Waals surface area (Å²) in [4.78, 5) is 29.0. The van der Waals surface area contributed by atoms with E-state index >= 15 is 0 Å². The van der Waals surface area contributed by atoms with E-state index in [9.17, 15) is 9.59 Å². The van der Waals surface area contributed by atoms with E-state index in [4.69, 9.17) is 4.74 Å². The number of halogens is 1. The van der Waals surface area contributed by atoms with Gasteiger partial charge in [-0.1, -0.05) is 12.1 Å². The molecule has 2 amide bonds. The third kappa shape index (κ3) is 3.62. The van der Waals surface area contributed by atoms with Gasteiger partial charge in [-0.25, -0.2) is 9.78 Å². The van der Waals surface area contributed by atoms with Gasteiger partial charge in [0.05, 0.1) is 25.1 Å². The highest BCUT2D eigenvalue weighted by atomic mass is 79.9. The number of cyclic esters (lactones) is 1. The zero-order valence-corrected chi connectivity index (χ0v) is 16.4. The van der Waals surface area contributed by atoms with Crippen molar-refractivity contribution in [3.8, 4) is 0 Å². The van der Waals surface area contributed by atoms with E-state index in [-0.39, 0.29) is 18.1 Å². The molecule has 3 heterocycles. The van der Waals surface area contributed by atoms with Gasteiger partial charge < -0.3 is 14.6 Å². The van der Waals surface area contributed by atoms with Gasteiger partial charge in [-0.15, -0.1) is 0 Å². The van der Waals surface area contributed by atoms with Gasteiger partial charge in [0.1, 0.15) is 10.7 Å². The summed E-state index contributed by atoms with van der Waals surface area (Å²) < 4.78 is 8.29. The van der Waals surface area contributed by atoms with Crippen LogP contribution in [0.15, 0.2) is 35.2 Å². The molecule has 1 aromatic heterocycles. The molecule has 7 nitrogen and oxygen atoms in total. The summed E-state index contributed by atoms with van der Waals surface area (Å²) in [6.07, 6.45) is 4.19. The number of carbonyl (C=O) groups is 2. The molecule has 0 bridgehead atoms. The fourth-order valence-electron chi connectivity index (χ4n) is 3.35. The molecule has 27 heavy (non-hydrogen) atoms. The number of aryl methyl sites for hydroxylation is 1. The molecule has 1 atom stereocenters. The number of carbonyl (C=O) groups excluding carboxylic acids is 2. The van der Waals surface area contributed by atoms with Crippen LogP contribution in [0.1, 0.15) is 24.6 Å². The molecule has 2 aliphatic rings. The van der Waals surface area contributed by atoms with Crippen LogP contribution in [0.2, 0.25) is 0 Å². The smallest absolute Gasteiger partial charge is 0.414 e. The van der Waals surface area contributed by atoms with Gasteiger partial charge in [0.25, 0.3) is 0 Å². The number of hydrogen-bond donors (Lipinski definition) is 1. The first-order valence-electron chi connectivity index (χ1n) is 8.75. The first-order valence-corrected chi connectivity index (χ1v) is 9.55. The van der Waals surface area contributed by atoms with Crippen molar-refractivity contribution in [2.75, 3.05) is 18.0 Å². The number of fused-ring (bicyclic) bond motifs is 1. The van der Waals surface area contributed by atoms with Crippen LogP contribution >= 0.6 is 15.9 Å². The van der Waals surface area contributed by atoms with Gasteiger partial charge in [0, 0.05) is 19.2 Å². The van der Waals surface area contributed by atoms with Crippen molar-refractivity contribution in [3.05, 3.63) is 46.5 Å². The molecule has 1 saturated heterocycles. The zero-order valence-electron chi connectivity index (χ0n) is 14.8.